The predicted octanol–water partition coefficient (Wildman–Crippen LogP) is -1.99. The van der Waals surface area contributed by atoms with E-state index < -0.39 is 40.9 Å². The van der Waals surface area contributed by atoms with Gasteiger partial charge in [0.25, 0.3) is 10.1 Å². The molecule has 9 heteroatoms. The Morgan fingerprint density at radius 3 is 2.05 bits per heavy atom. The van der Waals surface area contributed by atoms with E-state index in [0.717, 1.165) is 0 Å². The highest BCUT2D eigenvalue weighted by atomic mass is 32.2. The number of β-amino-alcohol motifs (C(OH)–C–C–N with tert-alkyl or cyclic N) is 1. The first kappa shape index (κ1) is 18.7. The molecule has 0 bridgehead atoms. The highest BCUT2D eigenvalue weighted by Gasteiger charge is 2.37. The summed E-state index contributed by atoms with van der Waals surface area (Å²) in [5.74, 6) is -0.646. The van der Waals surface area contributed by atoms with Crippen molar-refractivity contribution in [1.29, 1.82) is 0 Å². The van der Waals surface area contributed by atoms with E-state index in [1.165, 1.54) is 4.90 Å². The average Bonchev–Trinajstić information content (AvgIpc) is 2.36. The molecule has 1 unspecified atom stereocenters. The lowest BCUT2D eigenvalue weighted by atomic mass is 9.95. The van der Waals surface area contributed by atoms with Crippen LogP contribution in [0, 0.1) is 0 Å². The van der Waals surface area contributed by atoms with Crippen molar-refractivity contribution in [2.24, 2.45) is 0 Å². The van der Waals surface area contributed by atoms with Gasteiger partial charge < -0.3 is 20.4 Å². The van der Waals surface area contributed by atoms with Crippen LogP contribution in [0.2, 0.25) is 0 Å². The SMILES string of the molecule is CCC(CO)(CO)N(CCO)C(O)CCS(=O)(=O)O. The molecule has 8 nitrogen and oxygen atoms in total. The van der Waals surface area contributed by atoms with Gasteiger partial charge in [-0.3, -0.25) is 9.45 Å². The van der Waals surface area contributed by atoms with E-state index >= 15 is 0 Å². The van der Waals surface area contributed by atoms with Crippen molar-refractivity contribution < 1.29 is 33.4 Å². The molecule has 0 amide bonds. The summed E-state index contributed by atoms with van der Waals surface area (Å²) in [6.45, 7) is 0.407. The Bertz CT molecular complexity index is 334. The summed E-state index contributed by atoms with van der Waals surface area (Å²) in [5.41, 5.74) is -1.15. The van der Waals surface area contributed by atoms with Crippen LogP contribution in [0.5, 0.6) is 0 Å². The third-order valence-corrected chi connectivity index (χ3v) is 3.94. The van der Waals surface area contributed by atoms with E-state index in [1.807, 2.05) is 0 Å². The Hall–Kier alpha value is -0.290. The molecule has 0 heterocycles. The second-order valence-corrected chi connectivity index (χ2v) is 5.94. The van der Waals surface area contributed by atoms with E-state index in [9.17, 15) is 23.7 Å². The summed E-state index contributed by atoms with van der Waals surface area (Å²) >= 11 is 0. The minimum absolute atomic E-state index is 0.0401. The molecule has 0 saturated carbocycles. The highest BCUT2D eigenvalue weighted by Crippen LogP contribution is 2.22. The molecule has 116 valence electrons. The van der Waals surface area contributed by atoms with E-state index in [2.05, 4.69) is 0 Å². The minimum Gasteiger partial charge on any atom is -0.395 e. The number of hydrogen-bond donors (Lipinski definition) is 5. The van der Waals surface area contributed by atoms with Gasteiger partial charge in [0.1, 0.15) is 6.23 Å². The van der Waals surface area contributed by atoms with Crippen LogP contribution < -0.4 is 0 Å². The van der Waals surface area contributed by atoms with Crippen molar-refractivity contribution in [2.75, 3.05) is 32.1 Å². The first-order valence-corrected chi connectivity index (χ1v) is 7.59. The number of nitrogens with zero attached hydrogens (tertiary/aromatic N) is 1. The summed E-state index contributed by atoms with van der Waals surface area (Å²) in [4.78, 5) is 1.25. The molecule has 0 aliphatic rings. The molecule has 19 heavy (non-hydrogen) atoms. The molecule has 0 aliphatic heterocycles. The molecule has 0 aromatic heterocycles. The standard InChI is InChI=1S/C10H23NO7S/c1-2-10(7-13,8-14)11(4-5-12)9(15)3-6-19(16,17)18/h9,12-15H,2-8H2,1H3,(H,16,17,18). The maximum atomic E-state index is 10.7. The van der Waals surface area contributed by atoms with Crippen molar-refractivity contribution in [2.45, 2.75) is 31.5 Å². The second kappa shape index (κ2) is 8.10. The van der Waals surface area contributed by atoms with Crippen LogP contribution in [-0.2, 0) is 10.1 Å². The fourth-order valence-electron chi connectivity index (χ4n) is 1.88. The number of rotatable bonds is 10. The summed E-state index contributed by atoms with van der Waals surface area (Å²) in [7, 11) is -4.21. The van der Waals surface area contributed by atoms with Crippen molar-refractivity contribution >= 4 is 10.1 Å². The maximum absolute atomic E-state index is 10.7. The van der Waals surface area contributed by atoms with Crippen molar-refractivity contribution in [3.8, 4) is 0 Å². The van der Waals surface area contributed by atoms with Crippen LogP contribution in [0.25, 0.3) is 0 Å². The fraction of sp³-hybridized carbons (Fsp3) is 1.00. The predicted molar refractivity (Wildman–Crippen MR) is 68.0 cm³/mol. The van der Waals surface area contributed by atoms with Gasteiger partial charge in [0, 0.05) is 13.0 Å². The summed E-state index contributed by atoms with van der Waals surface area (Å²) in [5, 5.41) is 37.7. The third-order valence-electron chi connectivity index (χ3n) is 3.19. The monoisotopic (exact) mass is 301 g/mol. The van der Waals surface area contributed by atoms with Crippen LogP contribution in [-0.4, -0.2) is 82.2 Å². The van der Waals surface area contributed by atoms with Gasteiger partial charge in [-0.2, -0.15) is 8.42 Å². The quantitative estimate of drug-likeness (QED) is 0.231. The van der Waals surface area contributed by atoms with E-state index in [-0.39, 0.29) is 19.6 Å². The van der Waals surface area contributed by atoms with Crippen molar-refractivity contribution in [3.63, 3.8) is 0 Å². The molecule has 5 N–H and O–H groups in total. The van der Waals surface area contributed by atoms with Gasteiger partial charge in [0.2, 0.25) is 0 Å². The lowest BCUT2D eigenvalue weighted by Gasteiger charge is -2.43. The number of hydrogen-bond acceptors (Lipinski definition) is 7. The highest BCUT2D eigenvalue weighted by molar-refractivity contribution is 7.85. The van der Waals surface area contributed by atoms with E-state index in [0.29, 0.717) is 6.42 Å². The Labute approximate surface area is 113 Å². The lowest BCUT2D eigenvalue weighted by Crippen LogP contribution is -2.59. The Kier molecular flexibility index (Phi) is 7.98. The number of aliphatic hydroxyl groups is 4. The van der Waals surface area contributed by atoms with E-state index in [4.69, 9.17) is 9.66 Å². The zero-order valence-corrected chi connectivity index (χ0v) is 11.8. The lowest BCUT2D eigenvalue weighted by molar-refractivity contribution is -0.115. The number of aliphatic hydroxyl groups excluding tert-OH is 4. The van der Waals surface area contributed by atoms with Gasteiger partial charge >= 0.3 is 0 Å². The first-order chi connectivity index (χ1) is 8.76. The fourth-order valence-corrected chi connectivity index (χ4v) is 2.39. The molecular weight excluding hydrogens is 278 g/mol. The Balaban J connectivity index is 4.96. The smallest absolute Gasteiger partial charge is 0.265 e. The molecule has 0 saturated heterocycles. The molecule has 0 aromatic carbocycles. The Morgan fingerprint density at radius 2 is 1.74 bits per heavy atom. The van der Waals surface area contributed by atoms with E-state index in [1.54, 1.807) is 6.92 Å². The average molecular weight is 301 g/mol. The normalized spacial score (nSPS) is 14.9. The molecule has 0 spiro atoms. The Morgan fingerprint density at radius 1 is 1.21 bits per heavy atom. The molecule has 1 atom stereocenters. The van der Waals surface area contributed by atoms with Gasteiger partial charge in [-0.15, -0.1) is 0 Å². The van der Waals surface area contributed by atoms with Crippen LogP contribution in [0.15, 0.2) is 0 Å². The van der Waals surface area contributed by atoms with Crippen LogP contribution >= 0.6 is 0 Å². The zero-order valence-electron chi connectivity index (χ0n) is 10.9. The molecular formula is C10H23NO7S. The summed E-state index contributed by atoms with van der Waals surface area (Å²) in [6, 6.07) is 0. The van der Waals surface area contributed by atoms with Crippen LogP contribution in [0.1, 0.15) is 19.8 Å². The minimum atomic E-state index is -4.21. The van der Waals surface area contributed by atoms with Gasteiger partial charge in [-0.1, -0.05) is 6.92 Å². The summed E-state index contributed by atoms with van der Waals surface area (Å²) < 4.78 is 30.0. The van der Waals surface area contributed by atoms with Crippen LogP contribution in [0.3, 0.4) is 0 Å². The van der Waals surface area contributed by atoms with Gasteiger partial charge in [-0.25, -0.2) is 0 Å². The molecule has 0 radical (unpaired) electrons. The molecule has 0 aliphatic carbocycles. The van der Waals surface area contributed by atoms with Crippen molar-refractivity contribution in [3.05, 3.63) is 0 Å². The molecule has 0 rings (SSSR count). The molecule has 0 fully saturated rings. The zero-order chi connectivity index (χ0) is 15.1. The third kappa shape index (κ3) is 5.69. The summed E-state index contributed by atoms with van der Waals surface area (Å²) in [6.07, 6.45) is -1.31. The van der Waals surface area contributed by atoms with Gasteiger partial charge in [0.05, 0.1) is 31.1 Å². The largest absolute Gasteiger partial charge is 0.395 e. The first-order valence-electron chi connectivity index (χ1n) is 5.99. The van der Waals surface area contributed by atoms with Gasteiger partial charge in [0.15, 0.2) is 0 Å². The topological polar surface area (TPSA) is 139 Å². The second-order valence-electron chi connectivity index (χ2n) is 4.37. The van der Waals surface area contributed by atoms with Crippen molar-refractivity contribution in [1.82, 2.24) is 4.90 Å². The molecule has 0 aromatic rings. The van der Waals surface area contributed by atoms with Gasteiger partial charge in [-0.05, 0) is 6.42 Å². The van der Waals surface area contributed by atoms with Crippen LogP contribution in [0.4, 0.5) is 0 Å². The maximum Gasteiger partial charge on any atom is 0.265 e.